The monoisotopic (exact) mass is 232 g/mol. The largest absolute Gasteiger partial charge is 0.454 e. The average Bonchev–Trinajstić information content (AvgIpc) is 2.75. The Morgan fingerprint density at radius 3 is 2.76 bits per heavy atom. The zero-order chi connectivity index (χ0) is 12.2. The van der Waals surface area contributed by atoms with Crippen LogP contribution in [-0.2, 0) is 9.53 Å². The summed E-state index contributed by atoms with van der Waals surface area (Å²) in [6.45, 7) is 8.48. The zero-order valence-corrected chi connectivity index (χ0v) is 10.7. The fourth-order valence-corrected chi connectivity index (χ4v) is 3.89. The summed E-state index contributed by atoms with van der Waals surface area (Å²) in [6, 6.07) is 0. The summed E-state index contributed by atoms with van der Waals surface area (Å²) in [6.07, 6.45) is 4.70. The van der Waals surface area contributed by atoms with Crippen LogP contribution in [0.4, 0.5) is 0 Å². The molecule has 3 rings (SSSR count). The molecule has 0 aromatic carbocycles. The van der Waals surface area contributed by atoms with Crippen molar-refractivity contribution >= 4 is 5.97 Å². The molecule has 0 N–H and O–H groups in total. The van der Waals surface area contributed by atoms with E-state index in [0.29, 0.717) is 11.5 Å². The SMILES string of the molecule is C=C1C(=O)OC2C3=C(C)CCC3C(C)CCC12. The van der Waals surface area contributed by atoms with Crippen LogP contribution in [0.15, 0.2) is 23.3 Å². The molecule has 3 aliphatic rings. The van der Waals surface area contributed by atoms with Crippen LogP contribution in [0.2, 0.25) is 0 Å². The van der Waals surface area contributed by atoms with Gasteiger partial charge in [0.2, 0.25) is 0 Å². The zero-order valence-electron chi connectivity index (χ0n) is 10.7. The van der Waals surface area contributed by atoms with E-state index >= 15 is 0 Å². The first-order valence-corrected chi connectivity index (χ1v) is 6.69. The van der Waals surface area contributed by atoms with Gasteiger partial charge < -0.3 is 4.74 Å². The predicted octanol–water partition coefficient (Wildman–Crippen LogP) is 3.24. The van der Waals surface area contributed by atoms with Crippen molar-refractivity contribution in [1.29, 1.82) is 0 Å². The standard InChI is InChI=1S/C15H20O2/c1-8-4-7-12-10(3)15(16)17-14(12)13-9(2)5-6-11(8)13/h8,11-12,14H,3-7H2,1-2H3. The minimum Gasteiger partial charge on any atom is -0.454 e. The molecule has 2 aliphatic carbocycles. The van der Waals surface area contributed by atoms with Gasteiger partial charge in [0.05, 0.1) is 0 Å². The molecule has 0 bridgehead atoms. The molecular weight excluding hydrogens is 212 g/mol. The Balaban J connectivity index is 2.03. The summed E-state index contributed by atoms with van der Waals surface area (Å²) in [5.74, 6) is 1.45. The quantitative estimate of drug-likeness (QED) is 0.364. The van der Waals surface area contributed by atoms with Crippen molar-refractivity contribution in [2.75, 3.05) is 0 Å². The molecular formula is C15H20O2. The highest BCUT2D eigenvalue weighted by atomic mass is 16.6. The maximum absolute atomic E-state index is 11.7. The lowest BCUT2D eigenvalue weighted by atomic mass is 9.85. The Bertz CT molecular complexity index is 419. The van der Waals surface area contributed by atoms with E-state index in [-0.39, 0.29) is 18.0 Å². The van der Waals surface area contributed by atoms with Crippen LogP contribution in [0.1, 0.15) is 39.5 Å². The average molecular weight is 232 g/mol. The van der Waals surface area contributed by atoms with Crippen molar-refractivity contribution in [3.63, 3.8) is 0 Å². The van der Waals surface area contributed by atoms with Crippen LogP contribution in [0, 0.1) is 17.8 Å². The van der Waals surface area contributed by atoms with Gasteiger partial charge in [-0.25, -0.2) is 4.79 Å². The maximum atomic E-state index is 11.7. The molecule has 4 unspecified atom stereocenters. The van der Waals surface area contributed by atoms with Gasteiger partial charge in [-0.05, 0) is 50.0 Å². The van der Waals surface area contributed by atoms with E-state index in [1.807, 2.05) is 0 Å². The topological polar surface area (TPSA) is 26.3 Å². The van der Waals surface area contributed by atoms with Crippen molar-refractivity contribution in [3.05, 3.63) is 23.3 Å². The van der Waals surface area contributed by atoms with Crippen LogP contribution in [0.3, 0.4) is 0 Å². The van der Waals surface area contributed by atoms with Gasteiger partial charge in [0.15, 0.2) is 0 Å². The fourth-order valence-electron chi connectivity index (χ4n) is 3.89. The smallest absolute Gasteiger partial charge is 0.334 e. The Labute approximate surface area is 103 Å². The van der Waals surface area contributed by atoms with Gasteiger partial charge in [0, 0.05) is 11.5 Å². The summed E-state index contributed by atoms with van der Waals surface area (Å²) in [5, 5.41) is 0. The summed E-state index contributed by atoms with van der Waals surface area (Å²) < 4.78 is 5.59. The second kappa shape index (κ2) is 3.72. The summed E-state index contributed by atoms with van der Waals surface area (Å²) in [5.41, 5.74) is 3.60. The van der Waals surface area contributed by atoms with Crippen LogP contribution in [-0.4, -0.2) is 12.1 Å². The van der Waals surface area contributed by atoms with E-state index in [1.54, 1.807) is 0 Å². The molecule has 0 aromatic heterocycles. The van der Waals surface area contributed by atoms with Crippen molar-refractivity contribution in [2.45, 2.75) is 45.6 Å². The lowest BCUT2D eigenvalue weighted by Gasteiger charge is -2.23. The van der Waals surface area contributed by atoms with Crippen molar-refractivity contribution in [2.24, 2.45) is 17.8 Å². The van der Waals surface area contributed by atoms with Gasteiger partial charge in [0.25, 0.3) is 0 Å². The molecule has 1 saturated carbocycles. The molecule has 17 heavy (non-hydrogen) atoms. The molecule has 4 atom stereocenters. The minimum atomic E-state index is -0.166. The first-order chi connectivity index (χ1) is 8.09. The number of allylic oxidation sites excluding steroid dienone is 1. The van der Waals surface area contributed by atoms with Gasteiger partial charge in [-0.1, -0.05) is 19.1 Å². The predicted molar refractivity (Wildman–Crippen MR) is 66.3 cm³/mol. The summed E-state index contributed by atoms with van der Waals surface area (Å²) in [4.78, 5) is 11.7. The van der Waals surface area contributed by atoms with Crippen LogP contribution in [0.25, 0.3) is 0 Å². The Hall–Kier alpha value is -1.05. The fraction of sp³-hybridized carbons (Fsp3) is 0.667. The highest BCUT2D eigenvalue weighted by molar-refractivity contribution is 5.91. The maximum Gasteiger partial charge on any atom is 0.334 e. The summed E-state index contributed by atoms with van der Waals surface area (Å²) in [7, 11) is 0. The first kappa shape index (κ1) is 11.1. The highest BCUT2D eigenvalue weighted by Crippen LogP contribution is 2.49. The molecule has 1 heterocycles. The number of ether oxygens (including phenoxy) is 1. The molecule has 92 valence electrons. The molecule has 0 radical (unpaired) electrons. The van der Waals surface area contributed by atoms with Gasteiger partial charge in [0.1, 0.15) is 6.10 Å². The number of hydrogen-bond donors (Lipinski definition) is 0. The van der Waals surface area contributed by atoms with Gasteiger partial charge in [-0.2, -0.15) is 0 Å². The first-order valence-electron chi connectivity index (χ1n) is 6.69. The second-order valence-corrected chi connectivity index (χ2v) is 5.89. The van der Waals surface area contributed by atoms with E-state index in [4.69, 9.17) is 4.74 Å². The van der Waals surface area contributed by atoms with E-state index in [2.05, 4.69) is 20.4 Å². The number of esters is 1. The molecule has 1 aliphatic heterocycles. The number of fused-ring (bicyclic) bond motifs is 3. The number of carbonyl (C=O) groups excluding carboxylic acids is 1. The van der Waals surface area contributed by atoms with Crippen LogP contribution in [0.5, 0.6) is 0 Å². The highest BCUT2D eigenvalue weighted by Gasteiger charge is 2.47. The summed E-state index contributed by atoms with van der Waals surface area (Å²) >= 11 is 0. The normalized spacial score (nSPS) is 41.1. The third kappa shape index (κ3) is 1.50. The van der Waals surface area contributed by atoms with Gasteiger partial charge in [-0.3, -0.25) is 0 Å². The molecule has 0 amide bonds. The third-order valence-corrected chi connectivity index (χ3v) is 4.96. The van der Waals surface area contributed by atoms with E-state index < -0.39 is 0 Å². The lowest BCUT2D eigenvalue weighted by Crippen LogP contribution is -2.21. The number of carbonyl (C=O) groups is 1. The van der Waals surface area contributed by atoms with Gasteiger partial charge in [-0.15, -0.1) is 0 Å². The molecule has 2 fully saturated rings. The lowest BCUT2D eigenvalue weighted by molar-refractivity contribution is -0.138. The Morgan fingerprint density at radius 1 is 1.24 bits per heavy atom. The minimum absolute atomic E-state index is 0.0208. The van der Waals surface area contributed by atoms with Crippen LogP contribution >= 0.6 is 0 Å². The Kier molecular flexibility index (Phi) is 2.42. The molecule has 2 nitrogen and oxygen atoms in total. The molecule has 0 aromatic rings. The van der Waals surface area contributed by atoms with E-state index in [1.165, 1.54) is 30.4 Å². The van der Waals surface area contributed by atoms with Crippen molar-refractivity contribution in [3.8, 4) is 0 Å². The van der Waals surface area contributed by atoms with Crippen molar-refractivity contribution < 1.29 is 9.53 Å². The van der Waals surface area contributed by atoms with Crippen molar-refractivity contribution in [1.82, 2.24) is 0 Å². The third-order valence-electron chi connectivity index (χ3n) is 4.96. The Morgan fingerprint density at radius 2 is 2.00 bits per heavy atom. The number of hydrogen-bond acceptors (Lipinski definition) is 2. The van der Waals surface area contributed by atoms with E-state index in [9.17, 15) is 4.79 Å². The van der Waals surface area contributed by atoms with E-state index in [0.717, 1.165) is 12.3 Å². The van der Waals surface area contributed by atoms with Crippen LogP contribution < -0.4 is 0 Å². The number of rotatable bonds is 0. The molecule has 2 heteroatoms. The second-order valence-electron chi connectivity index (χ2n) is 5.89. The molecule has 0 spiro atoms. The van der Waals surface area contributed by atoms with Gasteiger partial charge >= 0.3 is 5.97 Å². The molecule has 1 saturated heterocycles.